The van der Waals surface area contributed by atoms with E-state index in [0.29, 0.717) is 5.92 Å². The molecule has 0 amide bonds. The molecular formula is C8H10N2. The third-order valence-corrected chi connectivity index (χ3v) is 1.42. The maximum atomic E-state index is 4.07. The Labute approximate surface area is 60.6 Å². The number of hydrogen-bond acceptors (Lipinski definition) is 2. The highest BCUT2D eigenvalue weighted by atomic mass is 14.8. The average Bonchev–Trinajstić information content (AvgIpc) is 2.05. The molecule has 2 nitrogen and oxygen atoms in total. The summed E-state index contributed by atoms with van der Waals surface area (Å²) >= 11 is 0. The minimum absolute atomic E-state index is 0.322. The van der Waals surface area contributed by atoms with Gasteiger partial charge in [0.2, 0.25) is 0 Å². The van der Waals surface area contributed by atoms with Gasteiger partial charge in [0.15, 0.2) is 0 Å². The SMILES string of the molecule is C=CC(C)c1ccncn1. The highest BCUT2D eigenvalue weighted by Crippen LogP contribution is 2.10. The van der Waals surface area contributed by atoms with Crippen molar-refractivity contribution in [3.05, 3.63) is 36.9 Å². The van der Waals surface area contributed by atoms with Crippen LogP contribution in [0.1, 0.15) is 18.5 Å². The molecule has 1 aromatic rings. The minimum atomic E-state index is 0.322. The lowest BCUT2D eigenvalue weighted by molar-refractivity contribution is 0.893. The van der Waals surface area contributed by atoms with Gasteiger partial charge in [0, 0.05) is 12.1 Å². The van der Waals surface area contributed by atoms with E-state index < -0.39 is 0 Å². The van der Waals surface area contributed by atoms with E-state index in [-0.39, 0.29) is 0 Å². The summed E-state index contributed by atoms with van der Waals surface area (Å²) in [6.45, 7) is 5.73. The molecule has 0 aliphatic carbocycles. The van der Waals surface area contributed by atoms with Crippen LogP contribution in [0.25, 0.3) is 0 Å². The molecule has 0 fully saturated rings. The zero-order valence-corrected chi connectivity index (χ0v) is 5.99. The molecule has 1 unspecified atom stereocenters. The predicted octanol–water partition coefficient (Wildman–Crippen LogP) is 1.77. The molecule has 10 heavy (non-hydrogen) atoms. The van der Waals surface area contributed by atoms with Gasteiger partial charge in [0.05, 0.1) is 5.69 Å². The normalized spacial score (nSPS) is 12.5. The van der Waals surface area contributed by atoms with Gasteiger partial charge in [-0.25, -0.2) is 9.97 Å². The van der Waals surface area contributed by atoms with Crippen LogP contribution in [0.4, 0.5) is 0 Å². The molecule has 0 saturated carbocycles. The van der Waals surface area contributed by atoms with Crippen LogP contribution in [0.5, 0.6) is 0 Å². The smallest absolute Gasteiger partial charge is 0.115 e. The quantitative estimate of drug-likeness (QED) is 0.576. The second kappa shape index (κ2) is 3.11. The van der Waals surface area contributed by atoms with Crippen LogP contribution in [0.2, 0.25) is 0 Å². The zero-order valence-electron chi connectivity index (χ0n) is 5.99. The van der Waals surface area contributed by atoms with Crippen LogP contribution in [0, 0.1) is 0 Å². The van der Waals surface area contributed by atoms with E-state index in [9.17, 15) is 0 Å². The van der Waals surface area contributed by atoms with Crippen molar-refractivity contribution >= 4 is 0 Å². The Morgan fingerprint density at radius 2 is 2.50 bits per heavy atom. The van der Waals surface area contributed by atoms with Gasteiger partial charge in [-0.1, -0.05) is 13.0 Å². The summed E-state index contributed by atoms with van der Waals surface area (Å²) in [5.74, 6) is 0.322. The first-order valence-electron chi connectivity index (χ1n) is 3.23. The van der Waals surface area contributed by atoms with Gasteiger partial charge in [0.1, 0.15) is 6.33 Å². The lowest BCUT2D eigenvalue weighted by Crippen LogP contribution is -1.92. The lowest BCUT2D eigenvalue weighted by Gasteiger charge is -2.01. The van der Waals surface area contributed by atoms with Crippen molar-refractivity contribution in [1.29, 1.82) is 0 Å². The maximum Gasteiger partial charge on any atom is 0.115 e. The lowest BCUT2D eigenvalue weighted by atomic mass is 10.1. The molecule has 0 spiro atoms. The van der Waals surface area contributed by atoms with Crippen LogP contribution in [-0.2, 0) is 0 Å². The highest BCUT2D eigenvalue weighted by molar-refractivity contribution is 5.09. The zero-order chi connectivity index (χ0) is 7.40. The van der Waals surface area contributed by atoms with E-state index >= 15 is 0 Å². The number of allylic oxidation sites excluding steroid dienone is 1. The van der Waals surface area contributed by atoms with Crippen LogP contribution in [0.15, 0.2) is 31.2 Å². The maximum absolute atomic E-state index is 4.07. The molecule has 0 saturated heterocycles. The molecule has 2 heteroatoms. The second-order valence-electron chi connectivity index (χ2n) is 2.16. The summed E-state index contributed by atoms with van der Waals surface area (Å²) in [7, 11) is 0. The first-order valence-corrected chi connectivity index (χ1v) is 3.23. The first-order chi connectivity index (χ1) is 4.84. The van der Waals surface area contributed by atoms with Gasteiger partial charge in [-0.05, 0) is 6.07 Å². The average molecular weight is 134 g/mol. The van der Waals surface area contributed by atoms with Crippen LogP contribution in [-0.4, -0.2) is 9.97 Å². The van der Waals surface area contributed by atoms with Crippen molar-refractivity contribution in [1.82, 2.24) is 9.97 Å². The molecule has 1 heterocycles. The number of aromatic nitrogens is 2. The highest BCUT2D eigenvalue weighted by Gasteiger charge is 1.98. The van der Waals surface area contributed by atoms with Gasteiger partial charge < -0.3 is 0 Å². The molecule has 52 valence electrons. The summed E-state index contributed by atoms with van der Waals surface area (Å²) in [4.78, 5) is 7.88. The molecule has 0 radical (unpaired) electrons. The monoisotopic (exact) mass is 134 g/mol. The van der Waals surface area contributed by atoms with Crippen molar-refractivity contribution in [2.75, 3.05) is 0 Å². The Morgan fingerprint density at radius 1 is 1.70 bits per heavy atom. The van der Waals surface area contributed by atoms with Crippen LogP contribution < -0.4 is 0 Å². The fourth-order valence-corrected chi connectivity index (χ4v) is 0.691. The van der Waals surface area contributed by atoms with Crippen LogP contribution >= 0.6 is 0 Å². The van der Waals surface area contributed by atoms with E-state index in [1.165, 1.54) is 0 Å². The number of hydrogen-bond donors (Lipinski definition) is 0. The molecule has 0 N–H and O–H groups in total. The fourth-order valence-electron chi connectivity index (χ4n) is 0.691. The van der Waals surface area contributed by atoms with Crippen LogP contribution in [0.3, 0.4) is 0 Å². The first kappa shape index (κ1) is 6.93. The third-order valence-electron chi connectivity index (χ3n) is 1.42. The number of rotatable bonds is 2. The summed E-state index contributed by atoms with van der Waals surface area (Å²) in [6, 6.07) is 1.90. The summed E-state index contributed by atoms with van der Waals surface area (Å²) in [5, 5.41) is 0. The van der Waals surface area contributed by atoms with Crippen molar-refractivity contribution in [3.63, 3.8) is 0 Å². The standard InChI is InChI=1S/C8H10N2/c1-3-7(2)8-4-5-9-6-10-8/h3-7H,1H2,2H3. The summed E-state index contributed by atoms with van der Waals surface area (Å²) in [5.41, 5.74) is 1.02. The second-order valence-corrected chi connectivity index (χ2v) is 2.16. The van der Waals surface area contributed by atoms with E-state index in [2.05, 4.69) is 23.5 Å². The fraction of sp³-hybridized carbons (Fsp3) is 0.250. The molecule has 0 bridgehead atoms. The molecule has 1 aromatic heterocycles. The number of nitrogens with zero attached hydrogens (tertiary/aromatic N) is 2. The van der Waals surface area contributed by atoms with Gasteiger partial charge in [-0.15, -0.1) is 6.58 Å². The molecule has 1 atom stereocenters. The van der Waals surface area contributed by atoms with Gasteiger partial charge in [-0.2, -0.15) is 0 Å². The Kier molecular flexibility index (Phi) is 2.15. The van der Waals surface area contributed by atoms with Crippen molar-refractivity contribution in [2.45, 2.75) is 12.8 Å². The minimum Gasteiger partial charge on any atom is -0.245 e. The Bertz CT molecular complexity index is 206. The van der Waals surface area contributed by atoms with Gasteiger partial charge in [-0.3, -0.25) is 0 Å². The van der Waals surface area contributed by atoms with Crippen molar-refractivity contribution < 1.29 is 0 Å². The van der Waals surface area contributed by atoms with Gasteiger partial charge >= 0.3 is 0 Å². The molecule has 1 rings (SSSR count). The van der Waals surface area contributed by atoms with E-state index in [1.54, 1.807) is 12.5 Å². The van der Waals surface area contributed by atoms with E-state index in [4.69, 9.17) is 0 Å². The molecule has 0 aliphatic heterocycles. The van der Waals surface area contributed by atoms with Crippen molar-refractivity contribution in [2.24, 2.45) is 0 Å². The Hall–Kier alpha value is -1.18. The Balaban J connectivity index is 2.84. The van der Waals surface area contributed by atoms with E-state index in [1.807, 2.05) is 12.1 Å². The molecular weight excluding hydrogens is 124 g/mol. The molecule has 0 aliphatic rings. The third kappa shape index (κ3) is 1.41. The molecule has 0 aromatic carbocycles. The van der Waals surface area contributed by atoms with E-state index in [0.717, 1.165) is 5.69 Å². The summed E-state index contributed by atoms with van der Waals surface area (Å²) in [6.07, 6.45) is 5.15. The van der Waals surface area contributed by atoms with Gasteiger partial charge in [0.25, 0.3) is 0 Å². The largest absolute Gasteiger partial charge is 0.245 e. The Morgan fingerprint density at radius 3 is 3.00 bits per heavy atom. The topological polar surface area (TPSA) is 25.8 Å². The van der Waals surface area contributed by atoms with Crippen molar-refractivity contribution in [3.8, 4) is 0 Å². The summed E-state index contributed by atoms with van der Waals surface area (Å²) < 4.78 is 0. The predicted molar refractivity (Wildman–Crippen MR) is 40.6 cm³/mol.